The number of nitrogens with two attached hydrogens (primary N) is 2. The molecule has 4 amide bonds. The number of amides is 4. The smallest absolute Gasteiger partial charge is 0.382 e. The molecular formula is C47H41ClF8N12O4. The summed E-state index contributed by atoms with van der Waals surface area (Å²) in [6, 6.07) is 8.06. The molecule has 4 N–H and O–H groups in total. The Morgan fingerprint density at radius 2 is 1.12 bits per heavy atom. The highest BCUT2D eigenvalue weighted by atomic mass is 35.5. The van der Waals surface area contributed by atoms with Gasteiger partial charge in [0.2, 0.25) is 11.8 Å². The minimum Gasteiger partial charge on any atom is -0.382 e. The van der Waals surface area contributed by atoms with Crippen LogP contribution in [0.1, 0.15) is 71.0 Å². The lowest BCUT2D eigenvalue weighted by atomic mass is 10.1. The van der Waals surface area contributed by atoms with Crippen LogP contribution in [-0.2, 0) is 28.9 Å². The molecule has 72 heavy (non-hydrogen) atoms. The van der Waals surface area contributed by atoms with E-state index in [1.165, 1.54) is 67.0 Å². The summed E-state index contributed by atoms with van der Waals surface area (Å²) in [5.74, 6) is -8.78. The molecule has 8 aromatic rings. The fraction of sp³-hybridized carbons (Fsp3) is 0.234. The fourth-order valence-corrected chi connectivity index (χ4v) is 7.61. The molecule has 0 radical (unpaired) electrons. The van der Waals surface area contributed by atoms with E-state index in [9.17, 15) is 45.5 Å². The first kappa shape index (κ1) is 51.7. The third-order valence-electron chi connectivity index (χ3n) is 11.4. The molecule has 0 saturated heterocycles. The molecule has 25 heteroatoms. The number of halogens is 9. The maximum atomic E-state index is 15.1. The van der Waals surface area contributed by atoms with Crippen molar-refractivity contribution in [1.82, 2.24) is 48.8 Å². The number of rotatable bonds is 7. The van der Waals surface area contributed by atoms with Crippen molar-refractivity contribution in [2.45, 2.75) is 52.9 Å². The Kier molecular flexibility index (Phi) is 14.6. The molecule has 0 bridgehead atoms. The van der Waals surface area contributed by atoms with Gasteiger partial charge in [-0.3, -0.25) is 38.0 Å². The van der Waals surface area contributed by atoms with E-state index in [-0.39, 0.29) is 44.7 Å². The standard InChI is InChI=1S/C23H18F4N6O2.C22H17ClF4N6O2.C2H6/c1-31(22(34)11-2-3-11)33(9-12-4-16(26)17(27)6-14(12)24)23(35)13-5-19-18(7-15(13)25)30-21(28)20-8-29-10-32(19)20;1-11(34)31(2)33(9-12-3-4-13(5-15(12)23)22(25,26)27)21(35)14-6-18-17(7-16(14)24)30-20(28)19-8-29-10-32(18)19;1-2/h4-8,10-11H,2-3,9H2,1H3,(H2,28,30);3-8,10H,9H2,1-2H3,(H2,28,30);1-2H3. The van der Waals surface area contributed by atoms with Crippen LogP contribution in [-0.4, -0.2) is 86.5 Å². The van der Waals surface area contributed by atoms with Gasteiger partial charge in [-0.1, -0.05) is 31.5 Å². The summed E-state index contributed by atoms with van der Waals surface area (Å²) in [6.45, 7) is 4.13. The molecule has 4 heterocycles. The number of imidazole rings is 2. The predicted octanol–water partition coefficient (Wildman–Crippen LogP) is 8.78. The van der Waals surface area contributed by atoms with Crippen LogP contribution in [0.25, 0.3) is 33.1 Å². The van der Waals surface area contributed by atoms with Gasteiger partial charge in [-0.25, -0.2) is 51.9 Å². The highest BCUT2D eigenvalue weighted by molar-refractivity contribution is 6.31. The summed E-state index contributed by atoms with van der Waals surface area (Å²) in [6.07, 6.45) is 2.35. The number of carbonyl (C=O) groups excluding carboxylic acids is 4. The first-order chi connectivity index (χ1) is 34.0. The number of hydrazine groups is 2. The number of benzene rings is 4. The van der Waals surface area contributed by atoms with Gasteiger partial charge in [-0.05, 0) is 48.7 Å². The van der Waals surface area contributed by atoms with E-state index in [0.29, 0.717) is 47.0 Å². The number of carbonyl (C=O) groups is 4. The number of hydrogen-bond donors (Lipinski definition) is 2. The molecular weight excluding hydrogens is 984 g/mol. The maximum absolute atomic E-state index is 15.1. The van der Waals surface area contributed by atoms with E-state index in [1.807, 2.05) is 13.8 Å². The zero-order chi connectivity index (χ0) is 52.7. The van der Waals surface area contributed by atoms with Gasteiger partial charge in [-0.2, -0.15) is 13.2 Å². The lowest BCUT2D eigenvalue weighted by Crippen LogP contribution is -2.48. The van der Waals surface area contributed by atoms with Gasteiger partial charge < -0.3 is 11.5 Å². The molecule has 0 spiro atoms. The van der Waals surface area contributed by atoms with Crippen molar-refractivity contribution in [3.05, 3.63) is 142 Å². The van der Waals surface area contributed by atoms with Crippen LogP contribution in [0.15, 0.2) is 79.6 Å². The first-order valence-electron chi connectivity index (χ1n) is 21.6. The van der Waals surface area contributed by atoms with E-state index in [4.69, 9.17) is 23.1 Å². The lowest BCUT2D eigenvalue weighted by Gasteiger charge is -2.32. The van der Waals surface area contributed by atoms with Crippen molar-refractivity contribution in [2.75, 3.05) is 25.6 Å². The number of aromatic nitrogens is 6. The van der Waals surface area contributed by atoms with Gasteiger partial charge in [0, 0.05) is 55.7 Å². The number of nitrogen functional groups attached to an aromatic ring is 2. The summed E-state index contributed by atoms with van der Waals surface area (Å²) in [7, 11) is 2.55. The number of nitrogens with zero attached hydrogens (tertiary/aromatic N) is 10. The van der Waals surface area contributed by atoms with Crippen molar-refractivity contribution in [2.24, 2.45) is 5.92 Å². The molecule has 0 unspecified atom stereocenters. The molecule has 376 valence electrons. The Labute approximate surface area is 407 Å². The van der Waals surface area contributed by atoms with Gasteiger partial charge in [-0.15, -0.1) is 0 Å². The van der Waals surface area contributed by atoms with Gasteiger partial charge >= 0.3 is 6.18 Å². The van der Waals surface area contributed by atoms with Crippen molar-refractivity contribution in [3.63, 3.8) is 0 Å². The summed E-state index contributed by atoms with van der Waals surface area (Å²) in [5.41, 5.74) is 11.5. The molecule has 4 aromatic heterocycles. The average Bonchev–Trinajstić information content (AvgIpc) is 3.83. The molecule has 1 aliphatic rings. The number of fused-ring (bicyclic) bond motifs is 6. The van der Waals surface area contributed by atoms with Crippen molar-refractivity contribution >= 4 is 80.0 Å². The van der Waals surface area contributed by atoms with Crippen LogP contribution in [0.4, 0.5) is 46.8 Å². The van der Waals surface area contributed by atoms with Gasteiger partial charge in [0.05, 0.1) is 76.9 Å². The van der Waals surface area contributed by atoms with Gasteiger partial charge in [0.15, 0.2) is 11.6 Å². The van der Waals surface area contributed by atoms with Gasteiger partial charge in [0.25, 0.3) is 11.8 Å². The van der Waals surface area contributed by atoms with Crippen molar-refractivity contribution in [3.8, 4) is 0 Å². The second-order valence-electron chi connectivity index (χ2n) is 16.0. The molecule has 1 fully saturated rings. The Balaban J connectivity index is 0.000000204. The first-order valence-corrected chi connectivity index (χ1v) is 22.0. The summed E-state index contributed by atoms with van der Waals surface area (Å²) in [4.78, 5) is 68.0. The van der Waals surface area contributed by atoms with Crippen LogP contribution in [0, 0.1) is 35.0 Å². The predicted molar refractivity (Wildman–Crippen MR) is 248 cm³/mol. The Morgan fingerprint density at radius 3 is 1.58 bits per heavy atom. The van der Waals surface area contributed by atoms with E-state index in [0.717, 1.165) is 50.4 Å². The Morgan fingerprint density at radius 1 is 0.653 bits per heavy atom. The van der Waals surface area contributed by atoms with E-state index in [2.05, 4.69) is 19.9 Å². The molecule has 0 atom stereocenters. The highest BCUT2D eigenvalue weighted by Gasteiger charge is 2.37. The number of alkyl halides is 3. The summed E-state index contributed by atoms with van der Waals surface area (Å²) >= 11 is 6.05. The van der Waals surface area contributed by atoms with Gasteiger partial charge in [0.1, 0.15) is 40.1 Å². The zero-order valence-corrected chi connectivity index (χ0v) is 39.3. The Bertz CT molecular complexity index is 3460. The number of hydrogen-bond acceptors (Lipinski definition) is 10. The molecule has 4 aromatic carbocycles. The van der Waals surface area contributed by atoms with Crippen LogP contribution >= 0.6 is 11.6 Å². The second-order valence-corrected chi connectivity index (χ2v) is 16.4. The summed E-state index contributed by atoms with van der Waals surface area (Å²) < 4.78 is 114. The van der Waals surface area contributed by atoms with Crippen LogP contribution < -0.4 is 11.5 Å². The third kappa shape index (κ3) is 10.2. The average molecular weight is 1030 g/mol. The largest absolute Gasteiger partial charge is 0.416 e. The van der Waals surface area contributed by atoms with E-state index >= 15 is 8.78 Å². The normalized spacial score (nSPS) is 12.3. The lowest BCUT2D eigenvalue weighted by molar-refractivity contribution is -0.144. The van der Waals surface area contributed by atoms with E-state index < -0.39 is 88.7 Å². The van der Waals surface area contributed by atoms with E-state index in [1.54, 1.807) is 0 Å². The van der Waals surface area contributed by atoms with Crippen LogP contribution in [0.5, 0.6) is 0 Å². The zero-order valence-electron chi connectivity index (χ0n) is 38.6. The third-order valence-corrected chi connectivity index (χ3v) is 11.7. The molecule has 16 nitrogen and oxygen atoms in total. The topological polar surface area (TPSA) is 194 Å². The molecule has 1 saturated carbocycles. The van der Waals surface area contributed by atoms with Crippen molar-refractivity contribution < 1.29 is 54.3 Å². The molecule has 9 rings (SSSR count). The summed E-state index contributed by atoms with van der Waals surface area (Å²) in [5, 5.41) is 3.30. The molecule has 0 aliphatic heterocycles. The minimum atomic E-state index is -4.61. The maximum Gasteiger partial charge on any atom is 0.416 e. The monoisotopic (exact) mass is 1020 g/mol. The number of anilines is 2. The SMILES string of the molecule is CC.CC(=O)N(C)N(Cc1ccc(C(F)(F)F)cc1Cl)C(=O)c1cc2c(cc1F)nc(N)c1cncn12.CN(C(=O)C1CC1)N(Cc1cc(F)c(F)cc1F)C(=O)c1cc2c(cc1F)nc(N)c1cncn12. The second kappa shape index (κ2) is 20.3. The Hall–Kier alpha value is -8.15. The van der Waals surface area contributed by atoms with Crippen LogP contribution in [0.2, 0.25) is 5.02 Å². The minimum absolute atomic E-state index is 0.110. The molecule has 1 aliphatic carbocycles. The fourth-order valence-electron chi connectivity index (χ4n) is 7.37. The quantitative estimate of drug-likeness (QED) is 0.0886. The van der Waals surface area contributed by atoms with Crippen LogP contribution in [0.3, 0.4) is 0 Å². The highest BCUT2D eigenvalue weighted by Crippen LogP contribution is 2.34. The van der Waals surface area contributed by atoms with Crippen molar-refractivity contribution in [1.29, 1.82) is 0 Å².